The van der Waals surface area contributed by atoms with Crippen LogP contribution in [0.25, 0.3) is 0 Å². The van der Waals surface area contributed by atoms with Crippen molar-refractivity contribution < 1.29 is 4.79 Å². The van der Waals surface area contributed by atoms with Crippen LogP contribution in [0.5, 0.6) is 0 Å². The van der Waals surface area contributed by atoms with Crippen molar-refractivity contribution in [3.8, 4) is 0 Å². The topological polar surface area (TPSA) is 20.3 Å². The number of para-hydroxylation sites is 1. The van der Waals surface area contributed by atoms with Crippen LogP contribution >= 0.6 is 0 Å². The molecule has 194 valence electrons. The minimum absolute atomic E-state index is 0.137. The second-order valence-electron chi connectivity index (χ2n) is 10.1. The first-order valence-corrected chi connectivity index (χ1v) is 14.7. The fourth-order valence-corrected chi connectivity index (χ4v) is 4.91. The van der Waals surface area contributed by atoms with Gasteiger partial charge in [-0.05, 0) is 25.0 Å². The maximum absolute atomic E-state index is 13.3. The van der Waals surface area contributed by atoms with E-state index in [-0.39, 0.29) is 5.78 Å². The molecule has 0 aliphatic rings. The Kier molecular flexibility index (Phi) is 15.9. The fraction of sp³-hybridized carbons (Fsp3) is 0.606. The van der Waals surface area contributed by atoms with Crippen LogP contribution in [0.1, 0.15) is 133 Å². The van der Waals surface area contributed by atoms with Crippen molar-refractivity contribution in [1.82, 2.24) is 0 Å². The van der Waals surface area contributed by atoms with E-state index in [1.165, 1.54) is 103 Å². The number of carbonyl (C=O) groups excluding carboxylic acids is 1. The highest BCUT2D eigenvalue weighted by Crippen LogP contribution is 2.25. The van der Waals surface area contributed by atoms with Gasteiger partial charge in [0.1, 0.15) is 0 Å². The minimum atomic E-state index is 0.137. The summed E-state index contributed by atoms with van der Waals surface area (Å²) in [6.07, 6.45) is 21.3. The predicted octanol–water partition coefficient (Wildman–Crippen LogP) is 10.0. The van der Waals surface area contributed by atoms with E-state index in [9.17, 15) is 4.79 Å². The predicted molar refractivity (Wildman–Crippen MR) is 154 cm³/mol. The van der Waals surface area contributed by atoms with Gasteiger partial charge in [-0.15, -0.1) is 0 Å². The molecule has 0 heterocycles. The molecule has 2 rings (SSSR count). The summed E-state index contributed by atoms with van der Waals surface area (Å²) in [7, 11) is 0. The fourth-order valence-electron chi connectivity index (χ4n) is 4.91. The number of rotatable bonds is 21. The first kappa shape index (κ1) is 29.1. The van der Waals surface area contributed by atoms with E-state index in [4.69, 9.17) is 0 Å². The molecule has 0 aliphatic heterocycles. The van der Waals surface area contributed by atoms with Crippen LogP contribution in [0.4, 0.5) is 5.69 Å². The zero-order valence-corrected chi connectivity index (χ0v) is 22.8. The minimum Gasteiger partial charge on any atom is -0.371 e. The van der Waals surface area contributed by atoms with Crippen LogP contribution in [-0.4, -0.2) is 18.9 Å². The van der Waals surface area contributed by atoms with E-state index >= 15 is 0 Å². The van der Waals surface area contributed by atoms with Gasteiger partial charge in [0.25, 0.3) is 0 Å². The molecule has 0 saturated heterocycles. The van der Waals surface area contributed by atoms with Crippen LogP contribution in [0.3, 0.4) is 0 Å². The largest absolute Gasteiger partial charge is 0.371 e. The lowest BCUT2D eigenvalue weighted by atomic mass is 10.0. The molecule has 0 N–H and O–H groups in total. The average molecular weight is 478 g/mol. The summed E-state index contributed by atoms with van der Waals surface area (Å²) < 4.78 is 0. The highest BCUT2D eigenvalue weighted by Gasteiger charge is 2.17. The van der Waals surface area contributed by atoms with Gasteiger partial charge in [-0.25, -0.2) is 0 Å². The SMILES string of the molecule is CCCCCCCCCCN(CCCCCCCCCC)c1ccccc1C(=O)c1ccccc1. The number of hydrogen-bond acceptors (Lipinski definition) is 2. The third-order valence-electron chi connectivity index (χ3n) is 7.09. The van der Waals surface area contributed by atoms with Crippen LogP contribution in [-0.2, 0) is 0 Å². The highest BCUT2D eigenvalue weighted by atomic mass is 16.1. The molecular weight excluding hydrogens is 426 g/mol. The molecule has 0 aromatic heterocycles. The molecule has 0 bridgehead atoms. The molecular formula is C33H51NO. The Morgan fingerprint density at radius 3 is 1.49 bits per heavy atom. The number of ketones is 1. The summed E-state index contributed by atoms with van der Waals surface area (Å²) in [5.74, 6) is 0.137. The average Bonchev–Trinajstić information content (AvgIpc) is 2.90. The van der Waals surface area contributed by atoms with Gasteiger partial charge in [0.15, 0.2) is 5.78 Å². The van der Waals surface area contributed by atoms with Gasteiger partial charge in [0.05, 0.1) is 0 Å². The van der Waals surface area contributed by atoms with Gasteiger partial charge < -0.3 is 4.90 Å². The number of carbonyl (C=O) groups is 1. The molecule has 0 unspecified atom stereocenters. The maximum atomic E-state index is 13.3. The van der Waals surface area contributed by atoms with Crippen LogP contribution in [0, 0.1) is 0 Å². The Morgan fingerprint density at radius 1 is 0.543 bits per heavy atom. The first-order valence-electron chi connectivity index (χ1n) is 14.7. The Morgan fingerprint density at radius 2 is 0.971 bits per heavy atom. The molecule has 0 saturated carbocycles. The second kappa shape index (κ2) is 19.1. The monoisotopic (exact) mass is 477 g/mol. The van der Waals surface area contributed by atoms with Gasteiger partial charge in [0, 0.05) is 29.9 Å². The summed E-state index contributed by atoms with van der Waals surface area (Å²) in [5, 5.41) is 0. The van der Waals surface area contributed by atoms with Crippen molar-refractivity contribution in [1.29, 1.82) is 0 Å². The molecule has 0 atom stereocenters. The molecule has 2 aromatic rings. The normalized spacial score (nSPS) is 11.0. The van der Waals surface area contributed by atoms with Crippen molar-refractivity contribution >= 4 is 11.5 Å². The van der Waals surface area contributed by atoms with Crippen molar-refractivity contribution in [2.75, 3.05) is 18.0 Å². The zero-order chi connectivity index (χ0) is 25.0. The molecule has 35 heavy (non-hydrogen) atoms. The summed E-state index contributed by atoms with van der Waals surface area (Å²) in [6, 6.07) is 18.0. The van der Waals surface area contributed by atoms with Crippen molar-refractivity contribution in [3.05, 3.63) is 65.7 Å². The van der Waals surface area contributed by atoms with E-state index in [1.54, 1.807) is 0 Å². The summed E-state index contributed by atoms with van der Waals surface area (Å²) in [5.41, 5.74) is 2.74. The third kappa shape index (κ3) is 11.9. The quantitative estimate of drug-likeness (QED) is 0.132. The van der Waals surface area contributed by atoms with Crippen molar-refractivity contribution in [2.45, 2.75) is 117 Å². The Balaban J connectivity index is 1.95. The van der Waals surface area contributed by atoms with Crippen molar-refractivity contribution in [2.24, 2.45) is 0 Å². The third-order valence-corrected chi connectivity index (χ3v) is 7.09. The van der Waals surface area contributed by atoms with Crippen LogP contribution < -0.4 is 4.90 Å². The van der Waals surface area contributed by atoms with Crippen LogP contribution in [0.2, 0.25) is 0 Å². The number of benzene rings is 2. The lowest BCUT2D eigenvalue weighted by Crippen LogP contribution is -2.27. The molecule has 2 nitrogen and oxygen atoms in total. The lowest BCUT2D eigenvalue weighted by molar-refractivity contribution is 0.103. The van der Waals surface area contributed by atoms with Gasteiger partial charge >= 0.3 is 0 Å². The van der Waals surface area contributed by atoms with E-state index in [0.717, 1.165) is 29.9 Å². The molecule has 0 radical (unpaired) electrons. The van der Waals surface area contributed by atoms with Crippen molar-refractivity contribution in [3.63, 3.8) is 0 Å². The number of unbranched alkanes of at least 4 members (excludes halogenated alkanes) is 14. The molecule has 0 spiro atoms. The standard InChI is InChI=1S/C33H51NO/c1-3-5-7-9-11-13-15-22-28-34(29-23-16-14-12-10-8-6-4-2)32-27-21-20-26-31(32)33(35)30-24-18-17-19-25-30/h17-21,24-27H,3-16,22-23,28-29H2,1-2H3. The van der Waals surface area contributed by atoms with E-state index in [0.29, 0.717) is 0 Å². The maximum Gasteiger partial charge on any atom is 0.195 e. The van der Waals surface area contributed by atoms with Crippen LogP contribution in [0.15, 0.2) is 54.6 Å². The van der Waals surface area contributed by atoms with E-state index < -0.39 is 0 Å². The highest BCUT2D eigenvalue weighted by molar-refractivity contribution is 6.12. The zero-order valence-electron chi connectivity index (χ0n) is 22.8. The van der Waals surface area contributed by atoms with E-state index in [2.05, 4.69) is 30.9 Å². The number of hydrogen-bond donors (Lipinski definition) is 0. The molecule has 0 aliphatic carbocycles. The number of anilines is 1. The Bertz CT molecular complexity index is 765. The Hall–Kier alpha value is -2.09. The molecule has 0 fully saturated rings. The van der Waals surface area contributed by atoms with E-state index in [1.807, 2.05) is 42.5 Å². The molecule has 2 heteroatoms. The smallest absolute Gasteiger partial charge is 0.195 e. The number of nitrogens with zero attached hydrogens (tertiary/aromatic N) is 1. The summed E-state index contributed by atoms with van der Waals surface area (Å²) >= 11 is 0. The van der Waals surface area contributed by atoms with Gasteiger partial charge in [-0.3, -0.25) is 4.79 Å². The second-order valence-corrected chi connectivity index (χ2v) is 10.1. The van der Waals surface area contributed by atoms with Gasteiger partial charge in [-0.2, -0.15) is 0 Å². The Labute approximate surface area is 216 Å². The molecule has 0 amide bonds. The van der Waals surface area contributed by atoms with Gasteiger partial charge in [0.2, 0.25) is 0 Å². The summed E-state index contributed by atoms with van der Waals surface area (Å²) in [4.78, 5) is 15.9. The van der Waals surface area contributed by atoms with Gasteiger partial charge in [-0.1, -0.05) is 146 Å². The first-order chi connectivity index (χ1) is 17.3. The summed E-state index contributed by atoms with van der Waals surface area (Å²) in [6.45, 7) is 6.65. The molecule has 2 aromatic carbocycles. The lowest BCUT2D eigenvalue weighted by Gasteiger charge is -2.27.